The SMILES string of the molecule is CC1(C)C(C(=O)Nc2ccc(C3=CC(=S(=O)=O)C(NC(=O)C4C(C)(C)C4(C)C)C=C3)cc2)C1(C)C. The lowest BCUT2D eigenvalue weighted by Crippen LogP contribution is -2.41. The molecule has 2 N–H and O–H groups in total. The van der Waals surface area contributed by atoms with E-state index in [4.69, 9.17) is 0 Å². The van der Waals surface area contributed by atoms with E-state index < -0.39 is 16.3 Å². The Morgan fingerprint density at radius 1 is 0.771 bits per heavy atom. The van der Waals surface area contributed by atoms with Gasteiger partial charge < -0.3 is 10.6 Å². The summed E-state index contributed by atoms with van der Waals surface area (Å²) in [5.41, 5.74) is 1.92. The number of carbonyl (C=O) groups is 2. The second kappa shape index (κ2) is 7.92. The van der Waals surface area contributed by atoms with Gasteiger partial charge in [-0.2, -0.15) is 8.42 Å². The highest BCUT2D eigenvalue weighted by Gasteiger charge is 2.69. The van der Waals surface area contributed by atoms with E-state index in [0.29, 0.717) is 5.69 Å². The molecule has 188 valence electrons. The van der Waals surface area contributed by atoms with Gasteiger partial charge in [0.25, 0.3) is 0 Å². The summed E-state index contributed by atoms with van der Waals surface area (Å²) in [6.45, 7) is 16.7. The first-order chi connectivity index (χ1) is 16.0. The molecule has 2 fully saturated rings. The van der Waals surface area contributed by atoms with Crippen LogP contribution in [0.3, 0.4) is 0 Å². The topological polar surface area (TPSA) is 92.3 Å². The molecule has 2 amide bonds. The maximum atomic E-state index is 12.9. The van der Waals surface area contributed by atoms with Gasteiger partial charge in [0.15, 0.2) is 0 Å². The molecule has 6 nitrogen and oxygen atoms in total. The number of hydrogen-bond acceptors (Lipinski definition) is 4. The number of carbonyl (C=O) groups excluding carboxylic acids is 2. The van der Waals surface area contributed by atoms with Crippen molar-refractivity contribution in [3.63, 3.8) is 0 Å². The zero-order valence-electron chi connectivity index (χ0n) is 21.8. The fourth-order valence-electron chi connectivity index (χ4n) is 5.94. The number of hydrogen-bond donors (Lipinski definition) is 2. The van der Waals surface area contributed by atoms with Crippen LogP contribution in [0.4, 0.5) is 5.69 Å². The van der Waals surface area contributed by atoms with E-state index in [2.05, 4.69) is 66.0 Å². The van der Waals surface area contributed by atoms with Crippen LogP contribution in [0.15, 0.2) is 42.5 Å². The fourth-order valence-corrected chi connectivity index (χ4v) is 6.51. The molecule has 35 heavy (non-hydrogen) atoms. The monoisotopic (exact) mass is 496 g/mol. The number of rotatable bonds is 5. The van der Waals surface area contributed by atoms with Gasteiger partial charge in [0.1, 0.15) is 0 Å². The Bertz CT molecular complexity index is 1260. The summed E-state index contributed by atoms with van der Waals surface area (Å²) in [5.74, 6) is -0.314. The minimum Gasteiger partial charge on any atom is -0.344 e. The molecule has 1 atom stereocenters. The first kappa shape index (κ1) is 25.4. The molecule has 4 rings (SSSR count). The molecule has 3 aliphatic carbocycles. The van der Waals surface area contributed by atoms with Crippen molar-refractivity contribution in [2.24, 2.45) is 33.5 Å². The van der Waals surface area contributed by atoms with Crippen LogP contribution in [-0.2, 0) is 19.9 Å². The van der Waals surface area contributed by atoms with Gasteiger partial charge in [-0.15, -0.1) is 0 Å². The van der Waals surface area contributed by atoms with Gasteiger partial charge in [0.05, 0.1) is 10.9 Å². The predicted octanol–water partition coefficient (Wildman–Crippen LogP) is 4.48. The van der Waals surface area contributed by atoms with Crippen LogP contribution in [0.2, 0.25) is 0 Å². The smallest absolute Gasteiger partial charge is 0.228 e. The summed E-state index contributed by atoms with van der Waals surface area (Å²) >= 11 is 0. The average Bonchev–Trinajstić information content (AvgIpc) is 3.36. The van der Waals surface area contributed by atoms with Crippen molar-refractivity contribution >= 4 is 38.2 Å². The molecule has 0 aliphatic heterocycles. The van der Waals surface area contributed by atoms with Crippen LogP contribution in [0.25, 0.3) is 5.57 Å². The van der Waals surface area contributed by atoms with Crippen LogP contribution >= 0.6 is 0 Å². The summed E-state index contributed by atoms with van der Waals surface area (Å²) in [6.07, 6.45) is 5.14. The number of allylic oxidation sites excluding steroid dienone is 2. The molecular weight excluding hydrogens is 460 g/mol. The molecular formula is C28H36N2O4S. The Balaban J connectivity index is 1.46. The molecule has 7 heteroatoms. The maximum Gasteiger partial charge on any atom is 0.228 e. The van der Waals surface area contributed by atoms with E-state index in [1.165, 1.54) is 0 Å². The summed E-state index contributed by atoms with van der Waals surface area (Å²) in [6, 6.07) is 6.66. The van der Waals surface area contributed by atoms with Crippen LogP contribution in [0.1, 0.15) is 61.0 Å². The maximum absolute atomic E-state index is 12.9. The third-order valence-corrected chi connectivity index (χ3v) is 10.4. The summed E-state index contributed by atoms with van der Waals surface area (Å²) in [7, 11) is -2.48. The highest BCUT2D eigenvalue weighted by atomic mass is 32.2. The molecule has 0 heterocycles. The Morgan fingerprint density at radius 3 is 1.71 bits per heavy atom. The van der Waals surface area contributed by atoms with Gasteiger partial charge in [0, 0.05) is 17.5 Å². The molecule has 2 saturated carbocycles. The minimum atomic E-state index is -2.48. The summed E-state index contributed by atoms with van der Waals surface area (Å²) < 4.78 is 24.0. The van der Waals surface area contributed by atoms with Crippen molar-refractivity contribution in [1.82, 2.24) is 5.32 Å². The Hall–Kier alpha value is -2.67. The van der Waals surface area contributed by atoms with Crippen LogP contribution in [0, 0.1) is 33.5 Å². The zero-order chi connectivity index (χ0) is 26.1. The van der Waals surface area contributed by atoms with Crippen molar-refractivity contribution in [2.75, 3.05) is 5.32 Å². The quantitative estimate of drug-likeness (QED) is 0.588. The number of amides is 2. The summed E-state index contributed by atoms with van der Waals surface area (Å²) in [5, 5.41) is 5.91. The summed E-state index contributed by atoms with van der Waals surface area (Å²) in [4.78, 5) is 25.7. The molecule has 0 bridgehead atoms. The first-order valence-corrected chi connectivity index (χ1v) is 13.2. The standard InChI is InChI=1S/C28H36N2O4S/c1-25(2)21(26(25,3)4)23(31)29-18-12-9-16(10-13-18)17-11-14-19(20(15-17)35(33)34)30-24(32)22-27(5,6)28(22,7)8/h9-15,19,21-22H,1-8H3,(H,29,31)(H,30,32). The molecule has 1 aromatic rings. The highest BCUT2D eigenvalue weighted by molar-refractivity contribution is 7.73. The lowest BCUT2D eigenvalue weighted by Gasteiger charge is -2.19. The van der Waals surface area contributed by atoms with Crippen molar-refractivity contribution in [3.8, 4) is 0 Å². The predicted molar refractivity (Wildman–Crippen MR) is 140 cm³/mol. The second-order valence-electron chi connectivity index (χ2n) is 12.4. The molecule has 0 saturated heterocycles. The Morgan fingerprint density at radius 2 is 1.26 bits per heavy atom. The van der Waals surface area contributed by atoms with E-state index in [1.54, 1.807) is 12.2 Å². The third-order valence-electron chi connectivity index (χ3n) is 9.61. The molecule has 0 aromatic heterocycles. The second-order valence-corrected chi connectivity index (χ2v) is 13.3. The van der Waals surface area contributed by atoms with E-state index in [1.807, 2.05) is 30.3 Å². The molecule has 1 aromatic carbocycles. The normalized spacial score (nSPS) is 25.4. The van der Waals surface area contributed by atoms with Crippen molar-refractivity contribution in [1.29, 1.82) is 0 Å². The highest BCUT2D eigenvalue weighted by Crippen LogP contribution is 2.69. The zero-order valence-corrected chi connectivity index (χ0v) is 22.6. The van der Waals surface area contributed by atoms with Gasteiger partial charge in [-0.3, -0.25) is 9.59 Å². The average molecular weight is 497 g/mol. The van der Waals surface area contributed by atoms with Crippen LogP contribution < -0.4 is 10.6 Å². The number of anilines is 1. The number of nitrogens with one attached hydrogen (secondary N) is 2. The van der Waals surface area contributed by atoms with E-state index in [-0.39, 0.29) is 50.2 Å². The fraction of sp³-hybridized carbons (Fsp3) is 0.536. The van der Waals surface area contributed by atoms with Gasteiger partial charge in [-0.1, -0.05) is 79.7 Å². The Kier molecular flexibility index (Phi) is 5.75. The van der Waals surface area contributed by atoms with Crippen molar-refractivity contribution in [3.05, 3.63) is 48.1 Å². The lowest BCUT2D eigenvalue weighted by atomic mass is 9.96. The minimum absolute atomic E-state index is 0.0162. The van der Waals surface area contributed by atoms with Gasteiger partial charge in [0.2, 0.25) is 22.1 Å². The van der Waals surface area contributed by atoms with Gasteiger partial charge >= 0.3 is 0 Å². The van der Waals surface area contributed by atoms with Crippen molar-refractivity contribution < 1.29 is 18.0 Å². The van der Waals surface area contributed by atoms with E-state index in [9.17, 15) is 18.0 Å². The Labute approximate surface area is 209 Å². The van der Waals surface area contributed by atoms with E-state index >= 15 is 0 Å². The van der Waals surface area contributed by atoms with Gasteiger partial charge in [-0.05, 0) is 51.0 Å². The lowest BCUT2D eigenvalue weighted by molar-refractivity contribution is -0.123. The largest absolute Gasteiger partial charge is 0.344 e. The molecule has 0 spiro atoms. The van der Waals surface area contributed by atoms with Crippen LogP contribution in [-0.4, -0.2) is 31.1 Å². The van der Waals surface area contributed by atoms with E-state index in [0.717, 1.165) is 11.1 Å². The van der Waals surface area contributed by atoms with Crippen LogP contribution in [0.5, 0.6) is 0 Å². The first-order valence-electron chi connectivity index (χ1n) is 12.1. The van der Waals surface area contributed by atoms with Gasteiger partial charge in [-0.25, -0.2) is 0 Å². The molecule has 1 unspecified atom stereocenters. The van der Waals surface area contributed by atoms with Crippen molar-refractivity contribution in [2.45, 2.75) is 61.4 Å². The molecule has 3 aliphatic rings. The molecule has 0 radical (unpaired) electrons. The number of benzene rings is 1. The third kappa shape index (κ3) is 3.98.